The first-order valence-corrected chi connectivity index (χ1v) is 5.16. The van der Waals surface area contributed by atoms with Crippen molar-refractivity contribution in [2.45, 2.75) is 23.9 Å². The zero-order chi connectivity index (χ0) is 9.47. The summed E-state index contributed by atoms with van der Waals surface area (Å²) in [5.74, 6) is -3.01. The molecule has 1 fully saturated rings. The number of aromatic nitrogens is 3. The summed E-state index contributed by atoms with van der Waals surface area (Å²) in [6.45, 7) is 0.281. The van der Waals surface area contributed by atoms with Crippen molar-refractivity contribution in [3.8, 4) is 0 Å². The third kappa shape index (κ3) is 1.67. The van der Waals surface area contributed by atoms with E-state index in [9.17, 15) is 8.78 Å². The van der Waals surface area contributed by atoms with Crippen molar-refractivity contribution in [2.75, 3.05) is 6.26 Å². The van der Waals surface area contributed by atoms with E-state index in [1.54, 1.807) is 6.20 Å². The summed E-state index contributed by atoms with van der Waals surface area (Å²) >= 11 is 1.47. The van der Waals surface area contributed by atoms with Gasteiger partial charge in [0, 0.05) is 12.3 Å². The minimum Gasteiger partial charge on any atom is -0.238 e. The number of rotatable bonds is 3. The maximum absolute atomic E-state index is 12.6. The molecule has 0 spiro atoms. The molecule has 13 heavy (non-hydrogen) atoms. The highest BCUT2D eigenvalue weighted by Gasteiger charge is 2.57. The molecule has 0 saturated heterocycles. The Morgan fingerprint density at radius 1 is 1.77 bits per heavy atom. The Balaban J connectivity index is 2.03. The Morgan fingerprint density at radius 2 is 2.46 bits per heavy atom. The van der Waals surface area contributed by atoms with Gasteiger partial charge >= 0.3 is 0 Å². The zero-order valence-corrected chi connectivity index (χ0v) is 7.89. The maximum Gasteiger partial charge on any atom is 0.253 e. The van der Waals surface area contributed by atoms with Crippen LogP contribution >= 0.6 is 11.8 Å². The van der Waals surface area contributed by atoms with Crippen molar-refractivity contribution in [3.63, 3.8) is 0 Å². The number of nitrogens with zero attached hydrogens (tertiary/aromatic N) is 3. The van der Waals surface area contributed by atoms with Gasteiger partial charge in [0.15, 0.2) is 0 Å². The van der Waals surface area contributed by atoms with Crippen molar-refractivity contribution >= 4 is 11.8 Å². The fourth-order valence-corrected chi connectivity index (χ4v) is 1.68. The van der Waals surface area contributed by atoms with Crippen LogP contribution in [0.1, 0.15) is 6.42 Å². The van der Waals surface area contributed by atoms with Crippen molar-refractivity contribution in [2.24, 2.45) is 5.92 Å². The van der Waals surface area contributed by atoms with Crippen molar-refractivity contribution in [1.29, 1.82) is 0 Å². The summed E-state index contributed by atoms with van der Waals surface area (Å²) in [5, 5.41) is 8.25. The Morgan fingerprint density at radius 3 is 3.00 bits per heavy atom. The summed E-state index contributed by atoms with van der Waals surface area (Å²) in [6, 6.07) is 0. The third-order valence-corrected chi connectivity index (χ3v) is 2.87. The van der Waals surface area contributed by atoms with E-state index < -0.39 is 11.8 Å². The molecule has 1 heterocycles. The van der Waals surface area contributed by atoms with Crippen LogP contribution in [-0.2, 0) is 6.54 Å². The maximum atomic E-state index is 12.6. The lowest BCUT2D eigenvalue weighted by molar-refractivity contribution is 0.0934. The van der Waals surface area contributed by atoms with Gasteiger partial charge < -0.3 is 0 Å². The molecule has 1 unspecified atom stereocenters. The van der Waals surface area contributed by atoms with Crippen LogP contribution in [0.3, 0.4) is 0 Å². The lowest BCUT2D eigenvalue weighted by Gasteiger charge is -2.01. The van der Waals surface area contributed by atoms with Gasteiger partial charge in [-0.25, -0.2) is 13.5 Å². The van der Waals surface area contributed by atoms with Crippen LogP contribution in [0.4, 0.5) is 8.78 Å². The highest BCUT2D eigenvalue weighted by atomic mass is 32.2. The van der Waals surface area contributed by atoms with E-state index in [2.05, 4.69) is 10.3 Å². The molecule has 72 valence electrons. The van der Waals surface area contributed by atoms with Gasteiger partial charge in [0.05, 0.1) is 12.7 Å². The first kappa shape index (κ1) is 8.93. The smallest absolute Gasteiger partial charge is 0.238 e. The average molecular weight is 205 g/mol. The largest absolute Gasteiger partial charge is 0.253 e. The van der Waals surface area contributed by atoms with Crippen molar-refractivity contribution < 1.29 is 8.78 Å². The molecule has 2 rings (SSSR count). The molecule has 1 aromatic heterocycles. The molecular weight excluding hydrogens is 196 g/mol. The summed E-state index contributed by atoms with van der Waals surface area (Å²) in [6.07, 6.45) is 3.45. The Labute approximate surface area is 78.5 Å². The first-order valence-electron chi connectivity index (χ1n) is 3.94. The molecule has 6 heteroatoms. The van der Waals surface area contributed by atoms with E-state index >= 15 is 0 Å². The molecule has 0 aromatic carbocycles. The predicted molar refractivity (Wildman–Crippen MR) is 44.9 cm³/mol. The Bertz CT molecular complexity index is 312. The molecular formula is C7H9F2N3S. The first-order chi connectivity index (χ1) is 6.13. The second-order valence-corrected chi connectivity index (χ2v) is 3.95. The van der Waals surface area contributed by atoms with Gasteiger partial charge in [0.1, 0.15) is 5.03 Å². The molecule has 0 radical (unpaired) electrons. The van der Waals surface area contributed by atoms with Crippen LogP contribution in [0.15, 0.2) is 11.2 Å². The zero-order valence-electron chi connectivity index (χ0n) is 7.07. The molecule has 0 amide bonds. The van der Waals surface area contributed by atoms with Gasteiger partial charge in [-0.1, -0.05) is 5.21 Å². The lowest BCUT2D eigenvalue weighted by Crippen LogP contribution is -2.07. The highest BCUT2D eigenvalue weighted by Crippen LogP contribution is 2.49. The average Bonchev–Trinajstić information content (AvgIpc) is 2.50. The molecule has 0 bridgehead atoms. The van der Waals surface area contributed by atoms with E-state index in [1.807, 2.05) is 6.26 Å². The van der Waals surface area contributed by atoms with Gasteiger partial charge in [0.25, 0.3) is 5.92 Å². The second-order valence-electron chi connectivity index (χ2n) is 3.12. The van der Waals surface area contributed by atoms with Gasteiger partial charge in [-0.3, -0.25) is 0 Å². The van der Waals surface area contributed by atoms with Crippen LogP contribution in [0.25, 0.3) is 0 Å². The van der Waals surface area contributed by atoms with E-state index in [0.29, 0.717) is 0 Å². The monoisotopic (exact) mass is 205 g/mol. The molecule has 1 saturated carbocycles. The minimum atomic E-state index is -2.47. The molecule has 0 aliphatic heterocycles. The molecule has 1 aliphatic carbocycles. The topological polar surface area (TPSA) is 30.7 Å². The standard InChI is InChI=1S/C7H9F2N3S/c1-13-6-3-10-11-12(6)4-5-2-7(5,8)9/h3,5H,2,4H2,1H3. The van der Waals surface area contributed by atoms with Gasteiger partial charge in [-0.2, -0.15) is 0 Å². The van der Waals surface area contributed by atoms with Crippen LogP contribution in [-0.4, -0.2) is 27.2 Å². The second kappa shape index (κ2) is 2.94. The van der Waals surface area contributed by atoms with Crippen LogP contribution in [0, 0.1) is 5.92 Å². The molecule has 3 nitrogen and oxygen atoms in total. The van der Waals surface area contributed by atoms with Crippen LogP contribution in [0.2, 0.25) is 0 Å². The number of thioether (sulfide) groups is 1. The Kier molecular flexibility index (Phi) is 2.02. The van der Waals surface area contributed by atoms with Gasteiger partial charge in [-0.05, 0) is 6.26 Å². The SMILES string of the molecule is CSc1cnnn1CC1CC1(F)F. The number of halogens is 2. The molecule has 1 aromatic rings. The molecule has 1 aliphatic rings. The fourth-order valence-electron chi connectivity index (χ4n) is 1.21. The van der Waals surface area contributed by atoms with Crippen molar-refractivity contribution in [3.05, 3.63) is 6.20 Å². The molecule has 1 atom stereocenters. The van der Waals surface area contributed by atoms with Crippen LogP contribution < -0.4 is 0 Å². The van der Waals surface area contributed by atoms with Gasteiger partial charge in [0.2, 0.25) is 0 Å². The highest BCUT2D eigenvalue weighted by molar-refractivity contribution is 7.98. The summed E-state index contributed by atoms with van der Waals surface area (Å²) in [4.78, 5) is 0. The van der Waals surface area contributed by atoms with Gasteiger partial charge in [-0.15, -0.1) is 16.9 Å². The van der Waals surface area contributed by atoms with Crippen LogP contribution in [0.5, 0.6) is 0 Å². The van der Waals surface area contributed by atoms with E-state index in [0.717, 1.165) is 5.03 Å². The summed E-state index contributed by atoms with van der Waals surface area (Å²) in [7, 11) is 0. The Hall–Kier alpha value is -0.650. The molecule has 0 N–H and O–H groups in total. The fraction of sp³-hybridized carbons (Fsp3) is 0.714. The van der Waals surface area contributed by atoms with Crippen molar-refractivity contribution in [1.82, 2.24) is 15.0 Å². The number of alkyl halides is 2. The summed E-state index contributed by atoms with van der Waals surface area (Å²) in [5.41, 5.74) is 0. The summed E-state index contributed by atoms with van der Waals surface area (Å²) < 4.78 is 26.6. The van der Waals surface area contributed by atoms with E-state index in [4.69, 9.17) is 0 Å². The number of hydrogen-bond donors (Lipinski definition) is 0. The minimum absolute atomic E-state index is 0.0132. The van der Waals surface area contributed by atoms with E-state index in [-0.39, 0.29) is 13.0 Å². The quantitative estimate of drug-likeness (QED) is 0.703. The lowest BCUT2D eigenvalue weighted by atomic mass is 10.4. The normalized spacial score (nSPS) is 24.7. The predicted octanol–water partition coefficient (Wildman–Crippen LogP) is 1.66. The number of hydrogen-bond acceptors (Lipinski definition) is 3. The van der Waals surface area contributed by atoms with E-state index in [1.165, 1.54) is 16.4 Å². The third-order valence-electron chi connectivity index (χ3n) is 2.14.